The summed E-state index contributed by atoms with van der Waals surface area (Å²) in [6.45, 7) is 7.49. The van der Waals surface area contributed by atoms with Crippen LogP contribution in [0.25, 0.3) is 0 Å². The van der Waals surface area contributed by atoms with Gasteiger partial charge in [0.1, 0.15) is 11.4 Å². The van der Waals surface area contributed by atoms with Crippen LogP contribution in [-0.4, -0.2) is 23.8 Å². The fourth-order valence-electron chi connectivity index (χ4n) is 1.80. The van der Waals surface area contributed by atoms with Crippen LogP contribution in [-0.2, 0) is 11.2 Å². The standard InChI is InChI=1S/C16H25FN2O2/c1-15(2,3)21-14(20)19-11-16(4,18)10-9-12-7-5-6-8-13(12)17/h5-8H,9-11,18H2,1-4H3,(H,19,20). The lowest BCUT2D eigenvalue weighted by molar-refractivity contribution is 0.0515. The normalized spacial score (nSPS) is 14.4. The zero-order valence-electron chi connectivity index (χ0n) is 13.2. The van der Waals surface area contributed by atoms with E-state index in [0.29, 0.717) is 18.4 Å². The number of rotatable bonds is 5. The molecule has 0 aliphatic heterocycles. The van der Waals surface area contributed by atoms with E-state index in [9.17, 15) is 9.18 Å². The molecule has 1 amide bonds. The number of ether oxygens (including phenoxy) is 1. The zero-order chi connectivity index (χ0) is 16.1. The number of nitrogens with one attached hydrogen (secondary N) is 1. The molecule has 0 spiro atoms. The first kappa shape index (κ1) is 17.4. The highest BCUT2D eigenvalue weighted by molar-refractivity contribution is 5.67. The highest BCUT2D eigenvalue weighted by Crippen LogP contribution is 2.14. The first-order valence-electron chi connectivity index (χ1n) is 7.08. The first-order valence-corrected chi connectivity index (χ1v) is 7.08. The predicted molar refractivity (Wildman–Crippen MR) is 81.6 cm³/mol. The summed E-state index contributed by atoms with van der Waals surface area (Å²) >= 11 is 0. The third-order valence-electron chi connectivity index (χ3n) is 2.96. The minimum atomic E-state index is -0.626. The second-order valence-electron chi connectivity index (χ2n) is 6.60. The van der Waals surface area contributed by atoms with Gasteiger partial charge in [-0.15, -0.1) is 0 Å². The van der Waals surface area contributed by atoms with Crippen LogP contribution in [0.1, 0.15) is 39.7 Å². The highest BCUT2D eigenvalue weighted by Gasteiger charge is 2.22. The van der Waals surface area contributed by atoms with Gasteiger partial charge in [0.25, 0.3) is 0 Å². The fraction of sp³-hybridized carbons (Fsp3) is 0.562. The Morgan fingerprint density at radius 2 is 1.90 bits per heavy atom. The van der Waals surface area contributed by atoms with Crippen LogP contribution < -0.4 is 11.1 Å². The smallest absolute Gasteiger partial charge is 0.407 e. The van der Waals surface area contributed by atoms with Crippen LogP contribution in [0.15, 0.2) is 24.3 Å². The second kappa shape index (κ2) is 6.89. The number of alkyl carbamates (subject to hydrolysis) is 1. The summed E-state index contributed by atoms with van der Waals surface area (Å²) in [6, 6.07) is 6.63. The summed E-state index contributed by atoms with van der Waals surface area (Å²) in [5.74, 6) is -0.228. The molecule has 1 aromatic rings. The van der Waals surface area contributed by atoms with E-state index in [1.54, 1.807) is 39.0 Å². The lowest BCUT2D eigenvalue weighted by Crippen LogP contribution is -2.49. The summed E-state index contributed by atoms with van der Waals surface area (Å²) in [6.07, 6.45) is 0.587. The van der Waals surface area contributed by atoms with Gasteiger partial charge in [-0.25, -0.2) is 9.18 Å². The van der Waals surface area contributed by atoms with E-state index < -0.39 is 17.2 Å². The number of carbonyl (C=O) groups excluding carboxylic acids is 1. The van der Waals surface area contributed by atoms with Gasteiger partial charge in [0.05, 0.1) is 0 Å². The summed E-state index contributed by atoms with van der Waals surface area (Å²) in [4.78, 5) is 11.6. The number of aryl methyl sites for hydroxylation is 1. The van der Waals surface area contributed by atoms with Crippen LogP contribution in [0.5, 0.6) is 0 Å². The Kier molecular flexibility index (Phi) is 5.72. The highest BCUT2D eigenvalue weighted by atomic mass is 19.1. The summed E-state index contributed by atoms with van der Waals surface area (Å²) in [7, 11) is 0. The largest absolute Gasteiger partial charge is 0.444 e. The molecule has 0 radical (unpaired) electrons. The Bertz CT molecular complexity index is 481. The second-order valence-corrected chi connectivity index (χ2v) is 6.60. The van der Waals surface area contributed by atoms with Crippen molar-refractivity contribution in [2.75, 3.05) is 6.54 Å². The summed E-state index contributed by atoms with van der Waals surface area (Å²) < 4.78 is 18.7. The van der Waals surface area contributed by atoms with Crippen molar-refractivity contribution in [2.45, 2.75) is 51.7 Å². The number of hydrogen-bond acceptors (Lipinski definition) is 3. The summed E-state index contributed by atoms with van der Waals surface area (Å²) in [5, 5.41) is 2.65. The molecule has 1 aromatic carbocycles. The number of halogens is 1. The van der Waals surface area contributed by atoms with Gasteiger partial charge in [-0.2, -0.15) is 0 Å². The molecule has 0 heterocycles. The molecule has 5 heteroatoms. The third-order valence-corrected chi connectivity index (χ3v) is 2.96. The number of amides is 1. The van der Waals surface area contributed by atoms with E-state index in [-0.39, 0.29) is 12.4 Å². The van der Waals surface area contributed by atoms with Gasteiger partial charge in [-0.3, -0.25) is 0 Å². The average molecular weight is 296 g/mol. The number of hydrogen-bond donors (Lipinski definition) is 2. The Hall–Kier alpha value is -1.62. The van der Waals surface area contributed by atoms with Crippen molar-refractivity contribution in [3.8, 4) is 0 Å². The molecule has 1 unspecified atom stereocenters. The molecule has 0 fully saturated rings. The van der Waals surface area contributed by atoms with Gasteiger partial charge in [0.2, 0.25) is 0 Å². The third kappa shape index (κ3) is 7.09. The Morgan fingerprint density at radius 1 is 1.29 bits per heavy atom. The maximum Gasteiger partial charge on any atom is 0.407 e. The topological polar surface area (TPSA) is 64.3 Å². The van der Waals surface area contributed by atoms with E-state index in [2.05, 4.69) is 5.32 Å². The number of nitrogens with two attached hydrogens (primary N) is 1. The van der Waals surface area contributed by atoms with Crippen molar-refractivity contribution in [1.82, 2.24) is 5.32 Å². The minimum Gasteiger partial charge on any atom is -0.444 e. The number of benzene rings is 1. The monoisotopic (exact) mass is 296 g/mol. The summed E-state index contributed by atoms with van der Waals surface area (Å²) in [5.41, 5.74) is 5.60. The van der Waals surface area contributed by atoms with Crippen molar-refractivity contribution < 1.29 is 13.9 Å². The molecular formula is C16H25FN2O2. The maximum absolute atomic E-state index is 13.5. The van der Waals surface area contributed by atoms with Crippen molar-refractivity contribution in [2.24, 2.45) is 5.73 Å². The van der Waals surface area contributed by atoms with E-state index >= 15 is 0 Å². The van der Waals surface area contributed by atoms with Crippen LogP contribution in [0.3, 0.4) is 0 Å². The molecule has 0 aliphatic rings. The molecule has 4 nitrogen and oxygen atoms in total. The van der Waals surface area contributed by atoms with Crippen molar-refractivity contribution in [3.63, 3.8) is 0 Å². The van der Waals surface area contributed by atoms with Gasteiger partial charge >= 0.3 is 6.09 Å². The lowest BCUT2D eigenvalue weighted by Gasteiger charge is -2.26. The molecule has 118 valence electrons. The molecule has 0 aromatic heterocycles. The minimum absolute atomic E-state index is 0.228. The quantitative estimate of drug-likeness (QED) is 0.878. The molecule has 21 heavy (non-hydrogen) atoms. The van der Waals surface area contributed by atoms with Crippen LogP contribution in [0.4, 0.5) is 9.18 Å². The zero-order valence-corrected chi connectivity index (χ0v) is 13.2. The lowest BCUT2D eigenvalue weighted by atomic mass is 9.94. The molecule has 0 bridgehead atoms. The number of carbonyl (C=O) groups is 1. The van der Waals surface area contributed by atoms with Crippen LogP contribution in [0, 0.1) is 5.82 Å². The van der Waals surface area contributed by atoms with Crippen LogP contribution >= 0.6 is 0 Å². The molecule has 0 aliphatic carbocycles. The van der Waals surface area contributed by atoms with Crippen LogP contribution in [0.2, 0.25) is 0 Å². The predicted octanol–water partition coefficient (Wildman–Crippen LogP) is 3.00. The fourth-order valence-corrected chi connectivity index (χ4v) is 1.80. The van der Waals surface area contributed by atoms with Gasteiger partial charge in [-0.05, 0) is 52.2 Å². The average Bonchev–Trinajstić information content (AvgIpc) is 2.34. The Labute approximate surface area is 125 Å². The van der Waals surface area contributed by atoms with Crippen molar-refractivity contribution >= 4 is 6.09 Å². The van der Waals surface area contributed by atoms with E-state index in [0.717, 1.165) is 0 Å². The van der Waals surface area contributed by atoms with Gasteiger partial charge in [0.15, 0.2) is 0 Å². The van der Waals surface area contributed by atoms with Gasteiger partial charge in [0, 0.05) is 12.1 Å². The molecule has 0 saturated carbocycles. The SMILES string of the molecule is CC(N)(CCc1ccccc1F)CNC(=O)OC(C)(C)C. The molecule has 3 N–H and O–H groups in total. The first-order chi connectivity index (χ1) is 9.59. The van der Waals surface area contributed by atoms with Gasteiger partial charge < -0.3 is 15.8 Å². The Balaban J connectivity index is 2.44. The van der Waals surface area contributed by atoms with Crippen molar-refractivity contribution in [1.29, 1.82) is 0 Å². The molecular weight excluding hydrogens is 271 g/mol. The van der Waals surface area contributed by atoms with Crippen molar-refractivity contribution in [3.05, 3.63) is 35.6 Å². The Morgan fingerprint density at radius 3 is 2.48 bits per heavy atom. The maximum atomic E-state index is 13.5. The molecule has 1 rings (SSSR count). The molecule has 1 atom stereocenters. The van der Waals surface area contributed by atoms with E-state index in [4.69, 9.17) is 10.5 Å². The van der Waals surface area contributed by atoms with Gasteiger partial charge in [-0.1, -0.05) is 18.2 Å². The van der Waals surface area contributed by atoms with E-state index in [1.165, 1.54) is 6.07 Å². The van der Waals surface area contributed by atoms with E-state index in [1.807, 2.05) is 6.92 Å². The molecule has 0 saturated heterocycles.